The highest BCUT2D eigenvalue weighted by Crippen LogP contribution is 2.28. The number of aliphatic hydroxyl groups excluding tert-OH is 1. The van der Waals surface area contributed by atoms with Gasteiger partial charge in [0.15, 0.2) is 5.82 Å². The van der Waals surface area contributed by atoms with Gasteiger partial charge >= 0.3 is 0 Å². The summed E-state index contributed by atoms with van der Waals surface area (Å²) in [5.74, 6) is 1.44. The van der Waals surface area contributed by atoms with E-state index < -0.39 is 0 Å². The molecule has 4 rings (SSSR count). The maximum absolute atomic E-state index is 9.85. The van der Waals surface area contributed by atoms with E-state index in [9.17, 15) is 5.11 Å². The minimum atomic E-state index is -0.309. The molecule has 0 aliphatic carbocycles. The van der Waals surface area contributed by atoms with Gasteiger partial charge in [-0.15, -0.1) is 0 Å². The lowest BCUT2D eigenvalue weighted by Gasteiger charge is -2.18. The van der Waals surface area contributed by atoms with Crippen LogP contribution in [0.2, 0.25) is 5.02 Å². The van der Waals surface area contributed by atoms with Crippen LogP contribution in [0.5, 0.6) is 0 Å². The highest BCUT2D eigenvalue weighted by atomic mass is 35.5. The number of nitrogens with zero attached hydrogens (tertiary/aromatic N) is 4. The quantitative estimate of drug-likeness (QED) is 0.782. The van der Waals surface area contributed by atoms with Crippen LogP contribution < -0.4 is 4.90 Å². The molecule has 1 saturated heterocycles. The zero-order valence-electron chi connectivity index (χ0n) is 13.5. The van der Waals surface area contributed by atoms with Crippen molar-refractivity contribution in [3.05, 3.63) is 59.9 Å². The van der Waals surface area contributed by atoms with Gasteiger partial charge in [0.25, 0.3) is 0 Å². The molecule has 0 spiro atoms. The molecule has 3 heterocycles. The smallest absolute Gasteiger partial charge is 0.163 e. The molecule has 5 nitrogen and oxygen atoms in total. The number of benzene rings is 1. The molecule has 126 valence electrons. The number of anilines is 1. The Hall–Kier alpha value is -2.50. The fourth-order valence-electron chi connectivity index (χ4n) is 2.94. The van der Waals surface area contributed by atoms with E-state index in [0.717, 1.165) is 35.6 Å². The Bertz CT molecular complexity index is 870. The van der Waals surface area contributed by atoms with Gasteiger partial charge in [-0.2, -0.15) is 0 Å². The van der Waals surface area contributed by atoms with Crippen LogP contribution >= 0.6 is 11.6 Å². The maximum Gasteiger partial charge on any atom is 0.163 e. The topological polar surface area (TPSA) is 62.1 Å². The number of hydrogen-bond donors (Lipinski definition) is 1. The van der Waals surface area contributed by atoms with Gasteiger partial charge < -0.3 is 10.0 Å². The monoisotopic (exact) mass is 352 g/mol. The van der Waals surface area contributed by atoms with Crippen LogP contribution in [0.4, 0.5) is 5.82 Å². The Morgan fingerprint density at radius 1 is 1.08 bits per heavy atom. The largest absolute Gasteiger partial charge is 0.391 e. The second-order valence-corrected chi connectivity index (χ2v) is 6.51. The minimum Gasteiger partial charge on any atom is -0.391 e. The number of β-amino-alcohol motifs (C(OH)–C–C–N with tert-alkyl or cyclic N) is 1. The Morgan fingerprint density at radius 2 is 1.92 bits per heavy atom. The summed E-state index contributed by atoms with van der Waals surface area (Å²) >= 11 is 6.00. The van der Waals surface area contributed by atoms with Gasteiger partial charge in [0.1, 0.15) is 5.82 Å². The van der Waals surface area contributed by atoms with Crippen LogP contribution in [0.15, 0.2) is 54.9 Å². The Labute approximate surface area is 151 Å². The first-order valence-corrected chi connectivity index (χ1v) is 8.55. The first-order chi connectivity index (χ1) is 12.2. The molecule has 1 aromatic carbocycles. The van der Waals surface area contributed by atoms with Crippen LogP contribution in [0, 0.1) is 0 Å². The third kappa shape index (κ3) is 3.48. The van der Waals surface area contributed by atoms with Gasteiger partial charge in [0, 0.05) is 47.7 Å². The summed E-state index contributed by atoms with van der Waals surface area (Å²) < 4.78 is 0. The van der Waals surface area contributed by atoms with Crippen molar-refractivity contribution in [3.63, 3.8) is 0 Å². The van der Waals surface area contributed by atoms with Crippen molar-refractivity contribution >= 4 is 17.4 Å². The second-order valence-electron chi connectivity index (χ2n) is 6.07. The number of aromatic nitrogens is 3. The number of hydrogen-bond acceptors (Lipinski definition) is 5. The predicted molar refractivity (Wildman–Crippen MR) is 98.5 cm³/mol. The number of halogens is 1. The molecular formula is C19H17ClN4O. The molecule has 2 aromatic heterocycles. The van der Waals surface area contributed by atoms with Gasteiger partial charge in [-0.05, 0) is 30.7 Å². The van der Waals surface area contributed by atoms with Crippen molar-refractivity contribution in [2.24, 2.45) is 0 Å². The summed E-state index contributed by atoms with van der Waals surface area (Å²) in [7, 11) is 0. The number of rotatable bonds is 3. The van der Waals surface area contributed by atoms with E-state index in [0.29, 0.717) is 17.4 Å². The molecule has 1 aliphatic heterocycles. The molecule has 0 saturated carbocycles. The maximum atomic E-state index is 9.85. The molecule has 0 amide bonds. The van der Waals surface area contributed by atoms with Crippen molar-refractivity contribution in [1.82, 2.24) is 15.0 Å². The summed E-state index contributed by atoms with van der Waals surface area (Å²) in [5, 5.41) is 10.5. The SMILES string of the molecule is OC1CCN(c2cc(-c3ccc(Cl)cc3)nc(-c3cccnc3)n2)C1. The van der Waals surface area contributed by atoms with E-state index in [1.807, 2.05) is 42.5 Å². The first-order valence-electron chi connectivity index (χ1n) is 8.17. The third-order valence-corrected chi connectivity index (χ3v) is 4.51. The molecule has 1 N–H and O–H groups in total. The van der Waals surface area contributed by atoms with Crippen LogP contribution in [0.3, 0.4) is 0 Å². The average molecular weight is 353 g/mol. The van der Waals surface area contributed by atoms with Gasteiger partial charge in [-0.3, -0.25) is 4.98 Å². The molecule has 1 unspecified atom stereocenters. The molecule has 6 heteroatoms. The van der Waals surface area contributed by atoms with E-state index in [4.69, 9.17) is 21.6 Å². The standard InChI is InChI=1S/C19H17ClN4O/c20-15-5-3-13(4-6-15)17-10-18(24-9-7-16(25)12-24)23-19(22-17)14-2-1-8-21-11-14/h1-6,8,10-11,16,25H,7,9,12H2. The van der Waals surface area contributed by atoms with Crippen molar-refractivity contribution < 1.29 is 5.11 Å². The van der Waals surface area contributed by atoms with Gasteiger partial charge in [-0.1, -0.05) is 23.7 Å². The predicted octanol–water partition coefficient (Wildman–Crippen LogP) is 3.43. The normalized spacial score (nSPS) is 17.0. The zero-order chi connectivity index (χ0) is 17.2. The van der Waals surface area contributed by atoms with E-state index in [1.54, 1.807) is 12.4 Å². The van der Waals surface area contributed by atoms with Crippen LogP contribution in [-0.4, -0.2) is 39.3 Å². The lowest BCUT2D eigenvalue weighted by molar-refractivity contribution is 0.198. The lowest BCUT2D eigenvalue weighted by atomic mass is 10.1. The van der Waals surface area contributed by atoms with Crippen molar-refractivity contribution in [3.8, 4) is 22.6 Å². The van der Waals surface area contributed by atoms with Crippen molar-refractivity contribution in [2.75, 3.05) is 18.0 Å². The molecule has 0 radical (unpaired) electrons. The number of aliphatic hydroxyl groups is 1. The molecule has 25 heavy (non-hydrogen) atoms. The van der Waals surface area contributed by atoms with Gasteiger partial charge in [0.2, 0.25) is 0 Å². The Balaban J connectivity index is 1.81. The molecule has 1 fully saturated rings. The molecule has 1 aliphatic rings. The average Bonchev–Trinajstić information content (AvgIpc) is 3.09. The lowest BCUT2D eigenvalue weighted by Crippen LogP contribution is -2.22. The second kappa shape index (κ2) is 6.78. The summed E-state index contributed by atoms with van der Waals surface area (Å²) in [6, 6.07) is 13.4. The fourth-order valence-corrected chi connectivity index (χ4v) is 3.06. The van der Waals surface area contributed by atoms with Crippen LogP contribution in [0.1, 0.15) is 6.42 Å². The van der Waals surface area contributed by atoms with E-state index in [2.05, 4.69) is 9.88 Å². The summed E-state index contributed by atoms with van der Waals surface area (Å²) in [6.45, 7) is 1.37. The van der Waals surface area contributed by atoms with E-state index in [1.165, 1.54) is 0 Å². The van der Waals surface area contributed by atoms with E-state index in [-0.39, 0.29) is 6.10 Å². The van der Waals surface area contributed by atoms with E-state index >= 15 is 0 Å². The molecule has 1 atom stereocenters. The molecular weight excluding hydrogens is 336 g/mol. The minimum absolute atomic E-state index is 0.309. The Morgan fingerprint density at radius 3 is 2.60 bits per heavy atom. The van der Waals surface area contributed by atoms with Gasteiger partial charge in [0.05, 0.1) is 11.8 Å². The molecule has 0 bridgehead atoms. The molecule has 3 aromatic rings. The summed E-state index contributed by atoms with van der Waals surface area (Å²) in [4.78, 5) is 15.7. The number of pyridine rings is 1. The fraction of sp³-hybridized carbons (Fsp3) is 0.211. The highest BCUT2D eigenvalue weighted by Gasteiger charge is 2.23. The van der Waals surface area contributed by atoms with Crippen molar-refractivity contribution in [2.45, 2.75) is 12.5 Å². The third-order valence-electron chi connectivity index (χ3n) is 4.26. The summed E-state index contributed by atoms with van der Waals surface area (Å²) in [6.07, 6.45) is 3.92. The summed E-state index contributed by atoms with van der Waals surface area (Å²) in [5.41, 5.74) is 2.65. The highest BCUT2D eigenvalue weighted by molar-refractivity contribution is 6.30. The van der Waals surface area contributed by atoms with Gasteiger partial charge in [-0.25, -0.2) is 9.97 Å². The first kappa shape index (κ1) is 16.0. The van der Waals surface area contributed by atoms with Crippen LogP contribution in [0.25, 0.3) is 22.6 Å². The van der Waals surface area contributed by atoms with Crippen molar-refractivity contribution in [1.29, 1.82) is 0 Å². The van der Waals surface area contributed by atoms with Crippen LogP contribution in [-0.2, 0) is 0 Å². The Kier molecular flexibility index (Phi) is 4.34. The zero-order valence-corrected chi connectivity index (χ0v) is 14.3.